The number of hydrogen-bond acceptors (Lipinski definition) is 6. The maximum Gasteiger partial charge on any atom is 0.228 e. The molecule has 3 aromatic rings. The summed E-state index contributed by atoms with van der Waals surface area (Å²) in [5, 5.41) is 9.54. The van der Waals surface area contributed by atoms with Crippen molar-refractivity contribution >= 4 is 40.6 Å². The molecule has 8 heteroatoms. The molecule has 0 spiro atoms. The number of carbonyl (C=O) groups is 1. The number of carbonyl (C=O) groups excluding carboxylic acids is 1. The molecule has 0 unspecified atom stereocenters. The van der Waals surface area contributed by atoms with Crippen LogP contribution in [0.3, 0.4) is 0 Å². The summed E-state index contributed by atoms with van der Waals surface area (Å²) in [5.41, 5.74) is 3.61. The van der Waals surface area contributed by atoms with Crippen LogP contribution in [0.4, 0.5) is 23.1 Å². The van der Waals surface area contributed by atoms with E-state index < -0.39 is 0 Å². The summed E-state index contributed by atoms with van der Waals surface area (Å²) in [7, 11) is 0. The standard InChI is InChI=1S/C18H15ClN6O/c19-14-10-22-18(21-9-11-2-1-5-20-8-11)25-17(14)23-13-3-4-15-12(6-13)7-16(26)24-15/h1-6,8,10H,7,9H2,(H,24,26)(H2,21,22,23,25). The van der Waals surface area contributed by atoms with Crippen LogP contribution < -0.4 is 16.0 Å². The van der Waals surface area contributed by atoms with Crippen LogP contribution in [-0.4, -0.2) is 20.9 Å². The molecule has 0 saturated carbocycles. The number of benzene rings is 1. The van der Waals surface area contributed by atoms with E-state index in [0.717, 1.165) is 22.5 Å². The topological polar surface area (TPSA) is 91.8 Å². The lowest BCUT2D eigenvalue weighted by Gasteiger charge is -2.11. The number of halogens is 1. The SMILES string of the molecule is O=C1Cc2cc(Nc3nc(NCc4cccnc4)ncc3Cl)ccc2N1. The van der Waals surface area contributed by atoms with Crippen molar-refractivity contribution in [3.8, 4) is 0 Å². The highest BCUT2D eigenvalue weighted by Gasteiger charge is 2.17. The average molecular weight is 367 g/mol. The van der Waals surface area contributed by atoms with E-state index in [2.05, 4.69) is 30.9 Å². The summed E-state index contributed by atoms with van der Waals surface area (Å²) in [4.78, 5) is 24.2. The van der Waals surface area contributed by atoms with E-state index in [4.69, 9.17) is 11.6 Å². The highest BCUT2D eigenvalue weighted by Crippen LogP contribution is 2.29. The lowest BCUT2D eigenvalue weighted by Crippen LogP contribution is -2.05. The van der Waals surface area contributed by atoms with Crippen molar-refractivity contribution in [1.29, 1.82) is 0 Å². The van der Waals surface area contributed by atoms with Gasteiger partial charge in [0.25, 0.3) is 0 Å². The lowest BCUT2D eigenvalue weighted by atomic mass is 10.1. The van der Waals surface area contributed by atoms with E-state index >= 15 is 0 Å². The van der Waals surface area contributed by atoms with Crippen LogP contribution in [0, 0.1) is 0 Å². The second kappa shape index (κ2) is 6.97. The minimum absolute atomic E-state index is 0.000827. The third-order valence-electron chi connectivity index (χ3n) is 3.91. The molecule has 26 heavy (non-hydrogen) atoms. The number of rotatable bonds is 5. The Labute approximate surface area is 154 Å². The summed E-state index contributed by atoms with van der Waals surface area (Å²) in [6, 6.07) is 9.48. The Morgan fingerprint density at radius 1 is 1.23 bits per heavy atom. The average Bonchev–Trinajstić information content (AvgIpc) is 3.02. The van der Waals surface area contributed by atoms with Gasteiger partial charge >= 0.3 is 0 Å². The fourth-order valence-corrected chi connectivity index (χ4v) is 2.81. The molecule has 0 saturated heterocycles. The van der Waals surface area contributed by atoms with Gasteiger partial charge in [0.05, 0.1) is 12.6 Å². The first kappa shape index (κ1) is 16.3. The Bertz CT molecular complexity index is 963. The van der Waals surface area contributed by atoms with Gasteiger partial charge in [-0.3, -0.25) is 9.78 Å². The van der Waals surface area contributed by atoms with Gasteiger partial charge in [-0.05, 0) is 35.4 Å². The van der Waals surface area contributed by atoms with Crippen molar-refractivity contribution in [2.24, 2.45) is 0 Å². The van der Waals surface area contributed by atoms with Crippen LogP contribution in [0.25, 0.3) is 0 Å². The predicted octanol–water partition coefficient (Wildman–Crippen LogP) is 3.38. The van der Waals surface area contributed by atoms with Gasteiger partial charge in [0, 0.05) is 30.3 Å². The van der Waals surface area contributed by atoms with E-state index in [1.807, 2.05) is 30.3 Å². The van der Waals surface area contributed by atoms with Crippen molar-refractivity contribution in [2.75, 3.05) is 16.0 Å². The summed E-state index contributed by atoms with van der Waals surface area (Å²) in [6.07, 6.45) is 5.42. The van der Waals surface area contributed by atoms with Gasteiger partial charge in [-0.1, -0.05) is 17.7 Å². The van der Waals surface area contributed by atoms with Gasteiger partial charge in [-0.15, -0.1) is 0 Å². The Kier molecular flexibility index (Phi) is 4.37. The summed E-state index contributed by atoms with van der Waals surface area (Å²) in [6.45, 7) is 0.557. The Morgan fingerprint density at radius 3 is 3.00 bits per heavy atom. The minimum Gasteiger partial charge on any atom is -0.350 e. The molecule has 0 bridgehead atoms. The van der Waals surface area contributed by atoms with Crippen LogP contribution in [0.5, 0.6) is 0 Å². The minimum atomic E-state index is -0.000827. The number of anilines is 4. The first-order chi connectivity index (χ1) is 12.7. The van der Waals surface area contributed by atoms with Gasteiger partial charge in [0.2, 0.25) is 11.9 Å². The number of hydrogen-bond donors (Lipinski definition) is 3. The largest absolute Gasteiger partial charge is 0.350 e. The zero-order valence-electron chi connectivity index (χ0n) is 13.7. The highest BCUT2D eigenvalue weighted by atomic mass is 35.5. The zero-order valence-corrected chi connectivity index (χ0v) is 14.4. The van der Waals surface area contributed by atoms with Gasteiger partial charge in [-0.2, -0.15) is 4.98 Å². The molecule has 0 aliphatic carbocycles. The molecule has 1 amide bonds. The molecule has 130 valence electrons. The summed E-state index contributed by atoms with van der Waals surface area (Å²) in [5.74, 6) is 0.949. The van der Waals surface area contributed by atoms with Crippen molar-refractivity contribution in [3.05, 3.63) is 65.1 Å². The van der Waals surface area contributed by atoms with Crippen LogP contribution in [0.1, 0.15) is 11.1 Å². The zero-order chi connectivity index (χ0) is 17.9. The summed E-state index contributed by atoms with van der Waals surface area (Å²) >= 11 is 6.21. The van der Waals surface area contributed by atoms with E-state index in [1.54, 1.807) is 18.6 Å². The predicted molar refractivity (Wildman–Crippen MR) is 101 cm³/mol. The van der Waals surface area contributed by atoms with Crippen molar-refractivity contribution in [3.63, 3.8) is 0 Å². The third-order valence-corrected chi connectivity index (χ3v) is 4.19. The number of nitrogens with zero attached hydrogens (tertiary/aromatic N) is 3. The molecule has 0 atom stereocenters. The maximum atomic E-state index is 11.5. The van der Waals surface area contributed by atoms with Crippen LogP contribution in [0.2, 0.25) is 5.02 Å². The molecule has 4 rings (SSSR count). The Morgan fingerprint density at radius 2 is 2.15 bits per heavy atom. The first-order valence-corrected chi connectivity index (χ1v) is 8.40. The first-order valence-electron chi connectivity index (χ1n) is 8.02. The molecule has 0 radical (unpaired) electrons. The second-order valence-corrected chi connectivity index (χ2v) is 6.23. The van der Waals surface area contributed by atoms with Crippen molar-refractivity contribution < 1.29 is 4.79 Å². The fraction of sp³-hybridized carbons (Fsp3) is 0.111. The molecule has 1 aliphatic heterocycles. The van der Waals surface area contributed by atoms with E-state index in [-0.39, 0.29) is 5.91 Å². The molecule has 1 aliphatic rings. The molecule has 3 N–H and O–H groups in total. The number of pyridine rings is 1. The Hall–Kier alpha value is -3.19. The lowest BCUT2D eigenvalue weighted by molar-refractivity contribution is -0.115. The molecule has 0 fully saturated rings. The number of aromatic nitrogens is 3. The van der Waals surface area contributed by atoms with Gasteiger partial charge in [-0.25, -0.2) is 4.98 Å². The van der Waals surface area contributed by atoms with Gasteiger partial charge in [0.15, 0.2) is 5.82 Å². The van der Waals surface area contributed by atoms with Crippen LogP contribution >= 0.6 is 11.6 Å². The molecule has 2 aromatic heterocycles. The number of fused-ring (bicyclic) bond motifs is 1. The molecule has 1 aromatic carbocycles. The second-order valence-electron chi connectivity index (χ2n) is 5.83. The smallest absolute Gasteiger partial charge is 0.228 e. The quantitative estimate of drug-likeness (QED) is 0.641. The Balaban J connectivity index is 1.50. The van der Waals surface area contributed by atoms with Crippen molar-refractivity contribution in [2.45, 2.75) is 13.0 Å². The molecular formula is C18H15ClN6O. The highest BCUT2D eigenvalue weighted by molar-refractivity contribution is 6.32. The van der Waals surface area contributed by atoms with E-state index in [1.165, 1.54) is 0 Å². The van der Waals surface area contributed by atoms with Gasteiger partial charge < -0.3 is 16.0 Å². The van der Waals surface area contributed by atoms with E-state index in [9.17, 15) is 4.79 Å². The number of amides is 1. The van der Waals surface area contributed by atoms with Crippen LogP contribution in [-0.2, 0) is 17.8 Å². The normalized spacial score (nSPS) is 12.4. The maximum absolute atomic E-state index is 11.5. The van der Waals surface area contributed by atoms with E-state index in [0.29, 0.717) is 29.8 Å². The fourth-order valence-electron chi connectivity index (χ4n) is 2.67. The molecule has 7 nitrogen and oxygen atoms in total. The molecular weight excluding hydrogens is 352 g/mol. The van der Waals surface area contributed by atoms with Gasteiger partial charge in [0.1, 0.15) is 5.02 Å². The third kappa shape index (κ3) is 3.57. The number of nitrogens with one attached hydrogen (secondary N) is 3. The summed E-state index contributed by atoms with van der Waals surface area (Å²) < 4.78 is 0. The van der Waals surface area contributed by atoms with Crippen molar-refractivity contribution in [1.82, 2.24) is 15.0 Å². The molecule has 3 heterocycles. The monoisotopic (exact) mass is 366 g/mol. The van der Waals surface area contributed by atoms with Crippen LogP contribution in [0.15, 0.2) is 48.9 Å².